The maximum Gasteiger partial charge on any atom is 0.305 e. The highest BCUT2D eigenvalue weighted by Gasteiger charge is 2.39. The number of aryl methyl sites for hydroxylation is 3. The van der Waals surface area contributed by atoms with E-state index in [1.165, 1.54) is 18.2 Å². The Labute approximate surface area is 400 Å². The molecule has 4 heterocycles. The predicted octanol–water partition coefficient (Wildman–Crippen LogP) is 9.40. The normalized spacial score (nSPS) is 16.7. The maximum atomic E-state index is 14.2. The number of hydrogen-bond acceptors (Lipinski definition) is 10. The van der Waals surface area contributed by atoms with E-state index in [-0.39, 0.29) is 49.5 Å². The van der Waals surface area contributed by atoms with Crippen LogP contribution in [0.5, 0.6) is 17.2 Å². The van der Waals surface area contributed by atoms with Crippen LogP contribution >= 0.6 is 0 Å². The molecule has 0 aromatic heterocycles. The minimum Gasteiger partial charge on any atom is -0.493 e. The number of amides is 2. The van der Waals surface area contributed by atoms with Gasteiger partial charge < -0.3 is 43.1 Å². The molecule has 4 aliphatic rings. The van der Waals surface area contributed by atoms with Gasteiger partial charge in [0.2, 0.25) is 0 Å². The molecule has 0 spiro atoms. The van der Waals surface area contributed by atoms with Gasteiger partial charge in [-0.1, -0.05) is 43.3 Å². The average molecular weight is 922 g/mol. The Morgan fingerprint density at radius 2 is 1.22 bits per heavy atom. The van der Waals surface area contributed by atoms with E-state index in [2.05, 4.69) is 54.3 Å². The second-order valence-corrected chi connectivity index (χ2v) is 18.3. The number of ether oxygens (including phenoxy) is 6. The highest BCUT2D eigenvalue weighted by Crippen LogP contribution is 2.42. The Hall–Kier alpha value is -6.37. The summed E-state index contributed by atoms with van der Waals surface area (Å²) in [5.74, 6) is 1.58. The maximum absolute atomic E-state index is 14.2. The number of nitrogens with zero attached hydrogens (tertiary/aromatic N) is 3. The summed E-state index contributed by atoms with van der Waals surface area (Å²) in [5, 5.41) is 0. The Bertz CT molecular complexity index is 2650. The highest BCUT2D eigenvalue weighted by molar-refractivity contribution is 6.10. The highest BCUT2D eigenvalue weighted by atomic mass is 16.5. The molecule has 2 amide bonds. The van der Waals surface area contributed by atoms with E-state index in [1.54, 1.807) is 7.11 Å². The van der Waals surface area contributed by atoms with Gasteiger partial charge in [-0.05, 0) is 152 Å². The fourth-order valence-electron chi connectivity index (χ4n) is 10.4. The van der Waals surface area contributed by atoms with E-state index in [0.29, 0.717) is 63.0 Å². The molecule has 0 saturated heterocycles. The third-order valence-corrected chi connectivity index (χ3v) is 13.8. The average Bonchev–Trinajstić information content (AvgIpc) is 3.85. The first kappa shape index (κ1) is 46.7. The van der Waals surface area contributed by atoms with Gasteiger partial charge in [0, 0.05) is 66.4 Å². The number of benzene rings is 5. The van der Waals surface area contributed by atoms with Gasteiger partial charge in [0.1, 0.15) is 19.0 Å². The number of para-hydroxylation sites is 2. The van der Waals surface area contributed by atoms with Crippen LogP contribution in [0.1, 0.15) is 98.7 Å². The van der Waals surface area contributed by atoms with Gasteiger partial charge >= 0.3 is 5.97 Å². The van der Waals surface area contributed by atoms with Crippen LogP contribution in [0.3, 0.4) is 0 Å². The Morgan fingerprint density at radius 3 is 1.82 bits per heavy atom. The minimum absolute atomic E-state index is 0.0122. The summed E-state index contributed by atoms with van der Waals surface area (Å²) in [5.41, 5.74) is 11.4. The molecular formula is C56H63N3O9. The van der Waals surface area contributed by atoms with Crippen molar-refractivity contribution in [1.29, 1.82) is 0 Å². The second-order valence-electron chi connectivity index (χ2n) is 18.3. The number of carbonyl (C=O) groups is 3. The number of fused-ring (bicyclic) bond motifs is 8. The first-order chi connectivity index (χ1) is 33.2. The van der Waals surface area contributed by atoms with Crippen LogP contribution in [0.4, 0.5) is 17.1 Å². The molecule has 5 aromatic rings. The molecular weight excluding hydrogens is 859 g/mol. The van der Waals surface area contributed by atoms with Crippen LogP contribution in [-0.2, 0) is 57.9 Å². The Balaban J connectivity index is 0.978. The molecule has 0 bridgehead atoms. The van der Waals surface area contributed by atoms with Crippen molar-refractivity contribution >= 4 is 34.8 Å². The summed E-state index contributed by atoms with van der Waals surface area (Å²) in [4.78, 5) is 46.7. The van der Waals surface area contributed by atoms with Crippen molar-refractivity contribution in [3.8, 4) is 17.2 Å². The zero-order chi connectivity index (χ0) is 47.1. The summed E-state index contributed by atoms with van der Waals surface area (Å²) in [6.07, 6.45) is 6.79. The largest absolute Gasteiger partial charge is 0.493 e. The van der Waals surface area contributed by atoms with Crippen LogP contribution in [0.25, 0.3) is 0 Å². The lowest BCUT2D eigenvalue weighted by atomic mass is 9.98. The van der Waals surface area contributed by atoms with Crippen molar-refractivity contribution in [1.82, 2.24) is 0 Å². The standard InChI is InChI=1S/C56H63N3O9/c1-5-22-65-24-25-66-23-21-57(20-10-15-54(60)64-4)46-28-38(35-67-51-32-40-16-18-44-30-42-11-6-8-13-49(42)58(44)55(61)47(40)26-37(51)2)27-39(29-46)36-68-53-33-41-17-19-45-31-43-12-7-9-14-50(43)59(45)56(62)48(41)34-52(53)63-3/h6-9,11-14,26-29,32-34,44-45H,5,10,15-25,30-31,35-36H2,1-4H3/t44-,45?/m1/s1. The lowest BCUT2D eigenvalue weighted by Crippen LogP contribution is -2.36. The fraction of sp³-hybridized carbons (Fsp3) is 0.411. The van der Waals surface area contributed by atoms with E-state index < -0.39 is 0 Å². The monoisotopic (exact) mass is 921 g/mol. The van der Waals surface area contributed by atoms with Crippen molar-refractivity contribution < 1.29 is 42.8 Å². The summed E-state index contributed by atoms with van der Waals surface area (Å²) in [6, 6.07) is 30.9. The molecule has 0 fully saturated rings. The Kier molecular flexibility index (Phi) is 14.6. The molecule has 2 atom stereocenters. The summed E-state index contributed by atoms with van der Waals surface area (Å²) < 4.78 is 35.9. The lowest BCUT2D eigenvalue weighted by molar-refractivity contribution is -0.140. The van der Waals surface area contributed by atoms with Crippen molar-refractivity contribution in [2.24, 2.45) is 0 Å². The van der Waals surface area contributed by atoms with E-state index in [0.717, 1.165) is 101 Å². The van der Waals surface area contributed by atoms with Crippen LogP contribution < -0.4 is 28.9 Å². The number of anilines is 3. The number of esters is 1. The van der Waals surface area contributed by atoms with E-state index in [1.807, 2.05) is 65.3 Å². The van der Waals surface area contributed by atoms with Crippen LogP contribution in [0.2, 0.25) is 0 Å². The Morgan fingerprint density at radius 1 is 0.647 bits per heavy atom. The van der Waals surface area contributed by atoms with Crippen molar-refractivity contribution in [2.75, 3.05) is 68.4 Å². The number of carbonyl (C=O) groups excluding carboxylic acids is 3. The van der Waals surface area contributed by atoms with Crippen molar-refractivity contribution in [3.63, 3.8) is 0 Å². The molecule has 0 aliphatic carbocycles. The van der Waals surface area contributed by atoms with E-state index in [9.17, 15) is 14.4 Å². The third kappa shape index (κ3) is 10.1. The number of hydrogen-bond donors (Lipinski definition) is 0. The first-order valence-corrected chi connectivity index (χ1v) is 24.3. The number of methoxy groups -OCH3 is 2. The molecule has 12 heteroatoms. The van der Waals surface area contributed by atoms with Gasteiger partial charge in [-0.3, -0.25) is 14.4 Å². The number of rotatable bonds is 20. The molecule has 9 rings (SSSR count). The van der Waals surface area contributed by atoms with Crippen LogP contribution in [-0.4, -0.2) is 83.6 Å². The first-order valence-electron chi connectivity index (χ1n) is 24.3. The SMILES string of the molecule is CCCOCCOCCN(CCCC(=O)OC)c1cc(COc2cc3c(cc2C)C(=O)N2c4ccccc4C[C@H]2CC3)cc(COc2cc3c(cc2OC)C(=O)N2c4ccccc4CC2CC3)c1. The minimum atomic E-state index is -0.254. The van der Waals surface area contributed by atoms with Gasteiger partial charge in [-0.25, -0.2) is 0 Å². The molecule has 68 heavy (non-hydrogen) atoms. The van der Waals surface area contributed by atoms with Crippen molar-refractivity contribution in [3.05, 3.63) is 141 Å². The quantitative estimate of drug-likeness (QED) is 0.0553. The second kappa shape index (κ2) is 21.3. The zero-order valence-corrected chi connectivity index (χ0v) is 39.9. The zero-order valence-electron chi connectivity index (χ0n) is 39.9. The van der Waals surface area contributed by atoms with Gasteiger partial charge in [0.15, 0.2) is 11.5 Å². The van der Waals surface area contributed by atoms with Gasteiger partial charge in [0.05, 0.1) is 34.0 Å². The van der Waals surface area contributed by atoms with Crippen molar-refractivity contribution in [2.45, 2.75) is 96.9 Å². The summed E-state index contributed by atoms with van der Waals surface area (Å²) >= 11 is 0. The van der Waals surface area contributed by atoms with Gasteiger partial charge in [-0.15, -0.1) is 0 Å². The molecule has 5 aromatic carbocycles. The van der Waals surface area contributed by atoms with Crippen LogP contribution in [0, 0.1) is 6.92 Å². The molecule has 0 radical (unpaired) electrons. The molecule has 1 unspecified atom stereocenters. The van der Waals surface area contributed by atoms with E-state index >= 15 is 0 Å². The topological polar surface area (TPSA) is 116 Å². The molecule has 0 saturated carbocycles. The van der Waals surface area contributed by atoms with E-state index in [4.69, 9.17) is 28.4 Å². The lowest BCUT2D eigenvalue weighted by Gasteiger charge is -2.26. The molecule has 4 aliphatic heterocycles. The predicted molar refractivity (Wildman–Crippen MR) is 263 cm³/mol. The smallest absolute Gasteiger partial charge is 0.305 e. The molecule has 12 nitrogen and oxygen atoms in total. The third-order valence-electron chi connectivity index (χ3n) is 13.8. The fourth-order valence-corrected chi connectivity index (χ4v) is 10.4. The summed E-state index contributed by atoms with van der Waals surface area (Å²) in [7, 11) is 3.02. The molecule has 0 N–H and O–H groups in total. The molecule has 356 valence electrons. The van der Waals surface area contributed by atoms with Gasteiger partial charge in [0.25, 0.3) is 11.8 Å². The summed E-state index contributed by atoms with van der Waals surface area (Å²) in [6.45, 7) is 7.91. The van der Waals surface area contributed by atoms with Gasteiger partial charge in [-0.2, -0.15) is 0 Å². The van der Waals surface area contributed by atoms with Crippen LogP contribution in [0.15, 0.2) is 91.0 Å².